The highest BCUT2D eigenvalue weighted by Gasteiger charge is 2.23. The van der Waals surface area contributed by atoms with E-state index in [0.29, 0.717) is 6.04 Å². The van der Waals surface area contributed by atoms with Crippen molar-refractivity contribution in [3.05, 3.63) is 34.2 Å². The van der Waals surface area contributed by atoms with Gasteiger partial charge in [0.2, 0.25) is 5.95 Å². The van der Waals surface area contributed by atoms with Gasteiger partial charge in [-0.2, -0.15) is 4.98 Å². The Morgan fingerprint density at radius 2 is 2.23 bits per heavy atom. The second-order valence-corrected chi connectivity index (χ2v) is 7.39. The van der Waals surface area contributed by atoms with Crippen LogP contribution in [0.4, 0.5) is 11.8 Å². The Bertz CT molecular complexity index is 625. The monoisotopic (exact) mass is 317 g/mol. The third kappa shape index (κ3) is 3.75. The van der Waals surface area contributed by atoms with Crippen LogP contribution in [-0.4, -0.2) is 48.1 Å². The van der Waals surface area contributed by atoms with E-state index < -0.39 is 0 Å². The van der Waals surface area contributed by atoms with Gasteiger partial charge >= 0.3 is 0 Å². The largest absolute Gasteiger partial charge is 0.366 e. The summed E-state index contributed by atoms with van der Waals surface area (Å²) in [4.78, 5) is 16.1. The first-order valence-electron chi connectivity index (χ1n) is 7.65. The summed E-state index contributed by atoms with van der Waals surface area (Å²) >= 11 is 1.90. The molecule has 22 heavy (non-hydrogen) atoms. The zero-order valence-electron chi connectivity index (χ0n) is 13.4. The minimum Gasteiger partial charge on any atom is -0.366 e. The van der Waals surface area contributed by atoms with Crippen molar-refractivity contribution in [2.75, 3.05) is 37.4 Å². The standard InChI is InChI=1S/C16H23N5S/c1-12-4-5-14(22-12)11-21-9-7-13(10-21)18-15-6-8-17-16(19-15)20(2)3/h4-6,8,13H,7,9-11H2,1-3H3,(H,17,18,19). The number of nitrogens with zero attached hydrogens (tertiary/aromatic N) is 4. The third-order valence-corrected chi connectivity index (χ3v) is 4.83. The second-order valence-electron chi connectivity index (χ2n) is 6.01. The minimum absolute atomic E-state index is 0.464. The van der Waals surface area contributed by atoms with Crippen molar-refractivity contribution in [1.29, 1.82) is 0 Å². The van der Waals surface area contributed by atoms with E-state index in [4.69, 9.17) is 0 Å². The first-order valence-corrected chi connectivity index (χ1v) is 8.46. The lowest BCUT2D eigenvalue weighted by Crippen LogP contribution is -2.26. The maximum absolute atomic E-state index is 4.54. The summed E-state index contributed by atoms with van der Waals surface area (Å²) in [5, 5.41) is 3.54. The number of aromatic nitrogens is 2. The Kier molecular flexibility index (Phi) is 4.59. The number of aryl methyl sites for hydroxylation is 1. The van der Waals surface area contributed by atoms with Gasteiger partial charge in [-0.15, -0.1) is 11.3 Å². The fourth-order valence-corrected chi connectivity index (χ4v) is 3.67. The van der Waals surface area contributed by atoms with Gasteiger partial charge < -0.3 is 10.2 Å². The Hall–Kier alpha value is -1.66. The predicted molar refractivity (Wildman–Crippen MR) is 92.7 cm³/mol. The van der Waals surface area contributed by atoms with Crippen molar-refractivity contribution >= 4 is 23.1 Å². The van der Waals surface area contributed by atoms with Crippen LogP contribution in [-0.2, 0) is 6.54 Å². The average molecular weight is 317 g/mol. The fourth-order valence-electron chi connectivity index (χ4n) is 2.74. The van der Waals surface area contributed by atoms with E-state index in [1.165, 1.54) is 9.75 Å². The van der Waals surface area contributed by atoms with Crippen LogP contribution in [0, 0.1) is 6.92 Å². The molecule has 0 amide bonds. The highest BCUT2D eigenvalue weighted by molar-refractivity contribution is 7.11. The van der Waals surface area contributed by atoms with Crippen LogP contribution in [0.15, 0.2) is 24.4 Å². The molecule has 0 saturated carbocycles. The highest BCUT2D eigenvalue weighted by atomic mass is 32.1. The first-order chi connectivity index (χ1) is 10.6. The van der Waals surface area contributed by atoms with E-state index in [9.17, 15) is 0 Å². The summed E-state index contributed by atoms with van der Waals surface area (Å²) < 4.78 is 0. The molecule has 3 heterocycles. The molecule has 2 aromatic rings. The SMILES string of the molecule is Cc1ccc(CN2CCC(Nc3ccnc(N(C)C)n3)C2)s1. The van der Waals surface area contributed by atoms with Gasteiger partial charge in [0.25, 0.3) is 0 Å². The third-order valence-electron chi connectivity index (χ3n) is 3.84. The minimum atomic E-state index is 0.464. The molecule has 1 unspecified atom stereocenters. The van der Waals surface area contributed by atoms with Gasteiger partial charge in [0.05, 0.1) is 0 Å². The molecule has 6 heteroatoms. The van der Waals surface area contributed by atoms with Gasteiger partial charge in [0.1, 0.15) is 5.82 Å². The second kappa shape index (κ2) is 6.62. The normalized spacial score (nSPS) is 18.6. The van der Waals surface area contributed by atoms with Crippen molar-refractivity contribution in [3.63, 3.8) is 0 Å². The van der Waals surface area contributed by atoms with Crippen molar-refractivity contribution in [3.8, 4) is 0 Å². The summed E-state index contributed by atoms with van der Waals surface area (Å²) in [7, 11) is 3.92. The number of likely N-dealkylation sites (tertiary alicyclic amines) is 1. The van der Waals surface area contributed by atoms with Crippen molar-refractivity contribution in [2.45, 2.75) is 25.9 Å². The number of hydrogen-bond acceptors (Lipinski definition) is 6. The maximum atomic E-state index is 4.54. The molecule has 5 nitrogen and oxygen atoms in total. The molecule has 0 radical (unpaired) electrons. The molecule has 1 fully saturated rings. The number of hydrogen-bond donors (Lipinski definition) is 1. The molecule has 3 rings (SSSR count). The molecule has 1 atom stereocenters. The smallest absolute Gasteiger partial charge is 0.226 e. The molecule has 1 aliphatic rings. The van der Waals surface area contributed by atoms with E-state index >= 15 is 0 Å². The van der Waals surface area contributed by atoms with E-state index in [0.717, 1.165) is 37.8 Å². The van der Waals surface area contributed by atoms with Crippen molar-refractivity contribution in [1.82, 2.24) is 14.9 Å². The summed E-state index contributed by atoms with van der Waals surface area (Å²) in [6.07, 6.45) is 2.97. The van der Waals surface area contributed by atoms with Crippen LogP contribution in [0.5, 0.6) is 0 Å². The summed E-state index contributed by atoms with van der Waals surface area (Å²) in [6.45, 7) is 5.43. The quantitative estimate of drug-likeness (QED) is 0.918. The lowest BCUT2D eigenvalue weighted by Gasteiger charge is -2.17. The van der Waals surface area contributed by atoms with Crippen LogP contribution in [0.2, 0.25) is 0 Å². The summed E-state index contributed by atoms with van der Waals surface area (Å²) in [5.74, 6) is 1.66. The molecule has 118 valence electrons. The van der Waals surface area contributed by atoms with E-state index in [2.05, 4.69) is 39.2 Å². The van der Waals surface area contributed by atoms with Crippen molar-refractivity contribution < 1.29 is 0 Å². The molecular formula is C16H23N5S. The van der Waals surface area contributed by atoms with Gasteiger partial charge in [0.15, 0.2) is 0 Å². The Morgan fingerprint density at radius 1 is 1.36 bits per heavy atom. The van der Waals surface area contributed by atoms with Crippen LogP contribution in [0.1, 0.15) is 16.2 Å². The predicted octanol–water partition coefficient (Wildman–Crippen LogP) is 2.60. The van der Waals surface area contributed by atoms with Gasteiger partial charge in [-0.25, -0.2) is 4.98 Å². The van der Waals surface area contributed by atoms with Gasteiger partial charge in [-0.05, 0) is 31.5 Å². The van der Waals surface area contributed by atoms with Gasteiger partial charge in [-0.1, -0.05) is 0 Å². The number of anilines is 2. The zero-order chi connectivity index (χ0) is 15.5. The Labute approximate surface area is 136 Å². The summed E-state index contributed by atoms with van der Waals surface area (Å²) in [5.41, 5.74) is 0. The molecule has 0 aliphatic carbocycles. The number of thiophene rings is 1. The Balaban J connectivity index is 1.55. The van der Waals surface area contributed by atoms with Crippen LogP contribution in [0.3, 0.4) is 0 Å². The van der Waals surface area contributed by atoms with Gasteiger partial charge in [-0.3, -0.25) is 4.90 Å². The fraction of sp³-hybridized carbons (Fsp3) is 0.500. The first kappa shape index (κ1) is 15.2. The molecule has 0 bridgehead atoms. The van der Waals surface area contributed by atoms with Crippen molar-refractivity contribution in [2.24, 2.45) is 0 Å². The molecule has 1 aliphatic heterocycles. The molecule has 2 aromatic heterocycles. The summed E-state index contributed by atoms with van der Waals surface area (Å²) in [6, 6.07) is 6.86. The number of nitrogens with one attached hydrogen (secondary N) is 1. The maximum Gasteiger partial charge on any atom is 0.226 e. The van der Waals surface area contributed by atoms with E-state index in [1.54, 1.807) is 0 Å². The number of rotatable bonds is 5. The highest BCUT2D eigenvalue weighted by Crippen LogP contribution is 2.21. The molecule has 0 spiro atoms. The van der Waals surface area contributed by atoms with Crippen LogP contribution >= 0.6 is 11.3 Å². The van der Waals surface area contributed by atoms with E-state index in [1.807, 2.05) is 42.6 Å². The molecular weight excluding hydrogens is 294 g/mol. The average Bonchev–Trinajstić information content (AvgIpc) is 3.09. The lowest BCUT2D eigenvalue weighted by molar-refractivity contribution is 0.331. The topological polar surface area (TPSA) is 44.3 Å². The molecule has 0 aromatic carbocycles. The van der Waals surface area contributed by atoms with Crippen LogP contribution in [0.25, 0.3) is 0 Å². The van der Waals surface area contributed by atoms with Gasteiger partial charge in [0, 0.05) is 55.7 Å². The zero-order valence-corrected chi connectivity index (χ0v) is 14.2. The molecule has 1 N–H and O–H groups in total. The Morgan fingerprint density at radius 3 is 2.95 bits per heavy atom. The van der Waals surface area contributed by atoms with Crippen LogP contribution < -0.4 is 10.2 Å². The lowest BCUT2D eigenvalue weighted by atomic mass is 10.2. The van der Waals surface area contributed by atoms with E-state index in [-0.39, 0.29) is 0 Å². The molecule has 1 saturated heterocycles.